The Morgan fingerprint density at radius 2 is 1.50 bits per heavy atom. The van der Waals surface area contributed by atoms with Gasteiger partial charge in [-0.25, -0.2) is 0 Å². The summed E-state index contributed by atoms with van der Waals surface area (Å²) in [6.07, 6.45) is 1.90. The number of hydrazine groups is 1. The number of nitrogens with zero attached hydrogens (tertiary/aromatic N) is 1. The Bertz CT molecular complexity index is 1090. The second kappa shape index (κ2) is 8.33. The van der Waals surface area contributed by atoms with Crippen LogP contribution in [0.15, 0.2) is 78.9 Å². The van der Waals surface area contributed by atoms with Crippen molar-refractivity contribution in [3.63, 3.8) is 0 Å². The Balaban J connectivity index is 1.70. The van der Waals surface area contributed by atoms with Gasteiger partial charge in [-0.2, -0.15) is 0 Å². The van der Waals surface area contributed by atoms with E-state index in [0.29, 0.717) is 5.56 Å². The third-order valence-corrected chi connectivity index (χ3v) is 5.24. The van der Waals surface area contributed by atoms with E-state index in [0.717, 1.165) is 16.7 Å². The molecule has 2 atom stereocenters. The van der Waals surface area contributed by atoms with Crippen LogP contribution in [0.1, 0.15) is 38.7 Å². The molecule has 5 nitrogen and oxygen atoms in total. The summed E-state index contributed by atoms with van der Waals surface area (Å²) in [5, 5.41) is 2.92. The van der Waals surface area contributed by atoms with Crippen molar-refractivity contribution >= 4 is 18.0 Å². The minimum Gasteiger partial charge on any atom is -0.334 e. The molecular weight excluding hydrogens is 374 g/mol. The molecule has 2 N–H and O–H groups in total. The predicted molar refractivity (Wildman–Crippen MR) is 116 cm³/mol. The molecule has 150 valence electrons. The number of hydrogen-bond acceptors (Lipinski definition) is 2. The predicted octanol–water partition coefficient (Wildman–Crippen LogP) is 3.32. The van der Waals surface area contributed by atoms with Gasteiger partial charge in [0.2, 0.25) is 12.3 Å². The molecule has 0 unspecified atom stereocenters. The van der Waals surface area contributed by atoms with Crippen molar-refractivity contribution in [1.29, 1.82) is 0 Å². The van der Waals surface area contributed by atoms with Gasteiger partial charge in [0.25, 0.3) is 5.91 Å². The molecule has 3 aromatic carbocycles. The fourth-order valence-corrected chi connectivity index (χ4v) is 3.57. The number of nitrogens with one attached hydrogen (secondary N) is 2. The highest BCUT2D eigenvalue weighted by atomic mass is 16.2. The zero-order chi connectivity index (χ0) is 21.1. The largest absolute Gasteiger partial charge is 0.334 e. The molecule has 0 radical (unpaired) electrons. The SMILES string of the molecule is Cc1ccc(/C=[N+]2\NC(=O)[C@H](NC(=O)c3ccccc3)[C@H]2c2ccc(C)cc2)cc1. The maximum absolute atomic E-state index is 12.9. The summed E-state index contributed by atoms with van der Waals surface area (Å²) in [5.74, 6) is -0.515. The number of hydrogen-bond donors (Lipinski definition) is 2. The molecule has 1 aliphatic rings. The Hall–Kier alpha value is -3.73. The Kier molecular flexibility index (Phi) is 5.44. The third kappa shape index (κ3) is 4.15. The molecule has 1 aliphatic heterocycles. The Labute approximate surface area is 176 Å². The van der Waals surface area contributed by atoms with Crippen molar-refractivity contribution < 1.29 is 14.3 Å². The highest BCUT2D eigenvalue weighted by Crippen LogP contribution is 2.26. The van der Waals surface area contributed by atoms with Gasteiger partial charge < -0.3 is 5.32 Å². The average molecular weight is 398 g/mol. The van der Waals surface area contributed by atoms with Crippen molar-refractivity contribution in [3.8, 4) is 0 Å². The molecule has 0 bridgehead atoms. The first kappa shape index (κ1) is 19.6. The second-order valence-electron chi connectivity index (χ2n) is 7.60. The summed E-state index contributed by atoms with van der Waals surface area (Å²) in [6, 6.07) is 23.9. The Morgan fingerprint density at radius 3 is 2.13 bits per heavy atom. The van der Waals surface area contributed by atoms with Crippen LogP contribution >= 0.6 is 0 Å². The van der Waals surface area contributed by atoms with Crippen molar-refractivity contribution in [2.75, 3.05) is 0 Å². The van der Waals surface area contributed by atoms with Gasteiger partial charge in [0.05, 0.1) is 0 Å². The van der Waals surface area contributed by atoms with E-state index in [1.54, 1.807) is 28.9 Å². The lowest BCUT2D eigenvalue weighted by atomic mass is 9.98. The number of hydrazone groups is 1. The van der Waals surface area contributed by atoms with Gasteiger partial charge in [0.1, 0.15) is 0 Å². The van der Waals surface area contributed by atoms with Crippen molar-refractivity contribution in [1.82, 2.24) is 10.7 Å². The summed E-state index contributed by atoms with van der Waals surface area (Å²) in [6.45, 7) is 4.05. The summed E-state index contributed by atoms with van der Waals surface area (Å²) in [7, 11) is 0. The van der Waals surface area contributed by atoms with Crippen LogP contribution in [0.3, 0.4) is 0 Å². The van der Waals surface area contributed by atoms with E-state index in [1.807, 2.05) is 74.7 Å². The van der Waals surface area contributed by atoms with E-state index in [1.165, 1.54) is 5.56 Å². The maximum Gasteiger partial charge on any atom is 0.304 e. The molecule has 30 heavy (non-hydrogen) atoms. The molecule has 0 aromatic heterocycles. The summed E-state index contributed by atoms with van der Waals surface area (Å²) >= 11 is 0. The number of carbonyl (C=O) groups excluding carboxylic acids is 2. The topological polar surface area (TPSA) is 61.2 Å². The van der Waals surface area contributed by atoms with E-state index in [4.69, 9.17) is 0 Å². The van der Waals surface area contributed by atoms with Crippen LogP contribution in [0.5, 0.6) is 0 Å². The smallest absolute Gasteiger partial charge is 0.304 e. The van der Waals surface area contributed by atoms with Gasteiger partial charge in [-0.15, -0.1) is 10.1 Å². The normalized spacial score (nSPS) is 19.5. The second-order valence-corrected chi connectivity index (χ2v) is 7.60. The zero-order valence-electron chi connectivity index (χ0n) is 17.0. The van der Waals surface area contributed by atoms with Crippen LogP contribution in [0.25, 0.3) is 0 Å². The molecular formula is C25H24N3O2+. The van der Waals surface area contributed by atoms with Crippen LogP contribution in [0.2, 0.25) is 0 Å². The van der Waals surface area contributed by atoms with E-state index in [9.17, 15) is 9.59 Å². The van der Waals surface area contributed by atoms with E-state index < -0.39 is 6.04 Å². The molecule has 3 aromatic rings. The first-order chi connectivity index (χ1) is 14.5. The van der Waals surface area contributed by atoms with Crippen molar-refractivity contribution in [2.24, 2.45) is 0 Å². The van der Waals surface area contributed by atoms with Gasteiger partial charge in [-0.3, -0.25) is 9.59 Å². The van der Waals surface area contributed by atoms with Gasteiger partial charge in [-0.05, 0) is 38.1 Å². The van der Waals surface area contributed by atoms with Crippen molar-refractivity contribution in [3.05, 3.63) is 107 Å². The summed E-state index contributed by atoms with van der Waals surface area (Å²) < 4.78 is 1.79. The van der Waals surface area contributed by atoms with Crippen LogP contribution in [0, 0.1) is 13.8 Å². The molecule has 2 amide bonds. The molecule has 1 saturated heterocycles. The lowest BCUT2D eigenvalue weighted by molar-refractivity contribution is -0.596. The first-order valence-corrected chi connectivity index (χ1v) is 9.94. The molecule has 5 heteroatoms. The molecule has 1 fully saturated rings. The molecule has 4 rings (SSSR count). The monoisotopic (exact) mass is 398 g/mol. The lowest BCUT2D eigenvalue weighted by Gasteiger charge is -2.15. The van der Waals surface area contributed by atoms with Gasteiger partial charge in [-0.1, -0.05) is 65.7 Å². The summed E-state index contributed by atoms with van der Waals surface area (Å²) in [5.41, 5.74) is 7.65. The third-order valence-electron chi connectivity index (χ3n) is 5.24. The molecule has 0 aliphatic carbocycles. The highest BCUT2D eigenvalue weighted by Gasteiger charge is 2.47. The first-order valence-electron chi connectivity index (χ1n) is 9.94. The highest BCUT2D eigenvalue weighted by molar-refractivity contribution is 5.98. The van der Waals surface area contributed by atoms with Gasteiger partial charge >= 0.3 is 5.91 Å². The van der Waals surface area contributed by atoms with Crippen LogP contribution < -0.4 is 10.7 Å². The fraction of sp³-hybridized carbons (Fsp3) is 0.160. The summed E-state index contributed by atoms with van der Waals surface area (Å²) in [4.78, 5) is 25.6. The number of rotatable bonds is 4. The fourth-order valence-electron chi connectivity index (χ4n) is 3.57. The van der Waals surface area contributed by atoms with E-state index >= 15 is 0 Å². The Morgan fingerprint density at radius 1 is 0.900 bits per heavy atom. The van der Waals surface area contributed by atoms with E-state index in [-0.39, 0.29) is 17.9 Å². The molecule has 0 spiro atoms. The van der Waals surface area contributed by atoms with Gasteiger partial charge in [0, 0.05) is 16.7 Å². The van der Waals surface area contributed by atoms with Crippen molar-refractivity contribution in [2.45, 2.75) is 25.9 Å². The standard InChI is InChI=1S/C25H23N3O2/c1-17-8-12-19(13-9-17)16-28-23(20-14-10-18(2)11-15-20)22(25(30)27-28)26-24(29)21-6-4-3-5-7-21/h3-16,22-23H,1-2H3,(H-,26,27,29,30)/p+1/b28-16-/t22-,23-/m1/s1. The van der Waals surface area contributed by atoms with Crippen LogP contribution in [-0.2, 0) is 4.79 Å². The molecule has 0 saturated carbocycles. The number of benzene rings is 3. The van der Waals surface area contributed by atoms with E-state index in [2.05, 4.69) is 10.7 Å². The minimum atomic E-state index is -0.720. The van der Waals surface area contributed by atoms with Gasteiger partial charge in [0.15, 0.2) is 6.04 Å². The maximum atomic E-state index is 12.9. The zero-order valence-corrected chi connectivity index (χ0v) is 17.0. The number of carbonyl (C=O) groups is 2. The number of amides is 2. The number of aryl methyl sites for hydroxylation is 2. The minimum absolute atomic E-state index is 0.242. The quantitative estimate of drug-likeness (QED) is 0.663. The van der Waals surface area contributed by atoms with Crippen LogP contribution in [0.4, 0.5) is 0 Å². The van der Waals surface area contributed by atoms with Crippen LogP contribution in [-0.4, -0.2) is 28.8 Å². The average Bonchev–Trinajstić information content (AvgIpc) is 3.05. The lowest BCUT2D eigenvalue weighted by Crippen LogP contribution is -2.42. The molecule has 1 heterocycles.